The molecule has 10 heteroatoms. The van der Waals surface area contributed by atoms with E-state index in [1.807, 2.05) is 65.9 Å². The van der Waals surface area contributed by atoms with E-state index in [1.54, 1.807) is 12.4 Å². The van der Waals surface area contributed by atoms with Gasteiger partial charge in [-0.25, -0.2) is 0 Å². The van der Waals surface area contributed by atoms with E-state index in [1.165, 1.54) is 0 Å². The zero-order chi connectivity index (χ0) is 26.1. The minimum atomic E-state index is -0.246. The molecule has 0 aliphatic carbocycles. The molecule has 0 spiro atoms. The van der Waals surface area contributed by atoms with Crippen molar-refractivity contribution in [2.45, 2.75) is 12.1 Å². The lowest BCUT2D eigenvalue weighted by Gasteiger charge is -2.33. The van der Waals surface area contributed by atoms with Crippen LogP contribution in [0.25, 0.3) is 10.9 Å². The molecule has 0 amide bonds. The summed E-state index contributed by atoms with van der Waals surface area (Å²) in [7, 11) is 0. The number of fused-ring (bicyclic) bond motifs is 1. The van der Waals surface area contributed by atoms with Crippen molar-refractivity contribution in [3.63, 3.8) is 0 Å². The summed E-state index contributed by atoms with van der Waals surface area (Å²) in [6.07, 6.45) is 13.1. The fourth-order valence-corrected chi connectivity index (χ4v) is 4.88. The largest absolute Gasteiger partial charge is 0.377 e. The molecule has 0 radical (unpaired) electrons. The quantitative estimate of drug-likeness (QED) is 0.231. The predicted molar refractivity (Wildman–Crippen MR) is 151 cm³/mol. The molecule has 190 valence electrons. The Morgan fingerprint density at radius 1 is 1.11 bits per heavy atom. The molecular weight excluding hydrogens is 521 g/mol. The van der Waals surface area contributed by atoms with Crippen LogP contribution in [-0.2, 0) is 4.74 Å². The van der Waals surface area contributed by atoms with Gasteiger partial charge in [-0.3, -0.25) is 15.0 Å². The van der Waals surface area contributed by atoms with Crippen molar-refractivity contribution in [2.75, 3.05) is 23.8 Å². The molecule has 1 atom stereocenters. The lowest BCUT2D eigenvalue weighted by molar-refractivity contribution is -0.0635. The van der Waals surface area contributed by atoms with Gasteiger partial charge in [0.15, 0.2) is 0 Å². The second kappa shape index (κ2) is 10.4. The topological polar surface area (TPSA) is 86.4 Å². The summed E-state index contributed by atoms with van der Waals surface area (Å²) >= 11 is 13.0. The highest BCUT2D eigenvalue weighted by Crippen LogP contribution is 2.37. The van der Waals surface area contributed by atoms with Gasteiger partial charge in [0, 0.05) is 46.6 Å². The summed E-state index contributed by atoms with van der Waals surface area (Å²) in [6.45, 7) is 1.35. The van der Waals surface area contributed by atoms with Crippen LogP contribution in [0.3, 0.4) is 0 Å². The third kappa shape index (κ3) is 4.80. The highest BCUT2D eigenvalue weighted by atomic mass is 35.5. The van der Waals surface area contributed by atoms with E-state index in [4.69, 9.17) is 34.4 Å². The Hall–Kier alpha value is -4.00. The number of aromatic nitrogens is 2. The summed E-state index contributed by atoms with van der Waals surface area (Å²) in [5, 5.41) is 10.9. The first-order valence-electron chi connectivity index (χ1n) is 12.0. The van der Waals surface area contributed by atoms with Crippen molar-refractivity contribution in [2.24, 2.45) is 0 Å². The van der Waals surface area contributed by atoms with Crippen molar-refractivity contribution in [1.82, 2.24) is 25.9 Å². The molecule has 1 fully saturated rings. The molecule has 4 heterocycles. The molecule has 0 saturated carbocycles. The number of rotatable bonds is 7. The maximum atomic E-state index is 6.76. The van der Waals surface area contributed by atoms with E-state index in [0.29, 0.717) is 34.3 Å². The van der Waals surface area contributed by atoms with E-state index in [-0.39, 0.29) is 12.1 Å². The molecule has 38 heavy (non-hydrogen) atoms. The standard InChI is InChI=1S/C28H23Cl2N7O/c1-2-17-13-32-28-23(26(17)33-20-7-3-6-19(29)9-20)10-21(11-24(28)30)34-27(18-5-4-8-31-12-18)25-14-37(36-35-25)22-15-38-16-22/h1,3-14,22,27,34-36H,15-16H2,(H,32,33)/t27-/m0/s1. The lowest BCUT2D eigenvalue weighted by Crippen LogP contribution is -2.52. The first kappa shape index (κ1) is 24.3. The van der Waals surface area contributed by atoms with E-state index < -0.39 is 0 Å². The number of terminal acetylenes is 1. The minimum absolute atomic E-state index is 0.246. The van der Waals surface area contributed by atoms with Gasteiger partial charge in [-0.2, -0.15) is 0 Å². The Kier molecular flexibility index (Phi) is 6.66. The molecule has 2 aliphatic rings. The normalized spacial score (nSPS) is 15.8. The van der Waals surface area contributed by atoms with Gasteiger partial charge in [0.1, 0.15) is 0 Å². The Bertz CT molecular complexity index is 1570. The van der Waals surface area contributed by atoms with Crippen molar-refractivity contribution in [3.8, 4) is 12.3 Å². The average molecular weight is 544 g/mol. The molecular formula is C28H23Cl2N7O. The Morgan fingerprint density at radius 2 is 2.00 bits per heavy atom. The number of hydrogen-bond acceptors (Lipinski definition) is 8. The average Bonchev–Trinajstić information content (AvgIpc) is 3.36. The van der Waals surface area contributed by atoms with E-state index in [9.17, 15) is 0 Å². The number of nitrogens with zero attached hydrogens (tertiary/aromatic N) is 3. The Balaban J connectivity index is 1.41. The van der Waals surface area contributed by atoms with Crippen LogP contribution < -0.4 is 21.6 Å². The zero-order valence-electron chi connectivity index (χ0n) is 20.1. The Morgan fingerprint density at radius 3 is 2.74 bits per heavy atom. The first-order chi connectivity index (χ1) is 18.6. The highest BCUT2D eigenvalue weighted by molar-refractivity contribution is 6.36. The van der Waals surface area contributed by atoms with Gasteiger partial charge < -0.3 is 20.8 Å². The second-order valence-corrected chi connectivity index (χ2v) is 9.81. The lowest BCUT2D eigenvalue weighted by atomic mass is 10.0. The summed E-state index contributed by atoms with van der Waals surface area (Å²) in [5.74, 6) is 2.73. The fraction of sp³-hybridized carbons (Fsp3) is 0.143. The van der Waals surface area contributed by atoms with Gasteiger partial charge in [-0.05, 0) is 42.0 Å². The van der Waals surface area contributed by atoms with Gasteiger partial charge in [0.2, 0.25) is 0 Å². The minimum Gasteiger partial charge on any atom is -0.377 e. The molecule has 1 saturated heterocycles. The number of pyridine rings is 2. The third-order valence-electron chi connectivity index (χ3n) is 6.44. The summed E-state index contributed by atoms with van der Waals surface area (Å²) in [4.78, 5) is 8.87. The number of hydrazine groups is 2. The maximum absolute atomic E-state index is 6.76. The Labute approximate surface area is 230 Å². The van der Waals surface area contributed by atoms with E-state index in [2.05, 4.69) is 37.5 Å². The SMILES string of the molecule is C#Cc1cnc2c(Cl)cc(N[C@H](C3=CN(C4COC4)NN3)c3cccnc3)cc2c1Nc1cccc(Cl)c1. The van der Waals surface area contributed by atoms with Crippen LogP contribution in [0.1, 0.15) is 17.2 Å². The molecule has 2 aliphatic heterocycles. The molecule has 4 aromatic rings. The molecule has 4 N–H and O–H groups in total. The van der Waals surface area contributed by atoms with Crippen LogP contribution in [-0.4, -0.2) is 34.2 Å². The van der Waals surface area contributed by atoms with Crippen molar-refractivity contribution >= 4 is 51.2 Å². The maximum Gasteiger partial charge on any atom is 0.0959 e. The predicted octanol–water partition coefficient (Wildman–Crippen LogP) is 5.38. The van der Waals surface area contributed by atoms with Gasteiger partial charge in [0.05, 0.1) is 52.8 Å². The van der Waals surface area contributed by atoms with Crippen LogP contribution in [0.4, 0.5) is 17.1 Å². The van der Waals surface area contributed by atoms with Crippen molar-refractivity contribution in [1.29, 1.82) is 0 Å². The van der Waals surface area contributed by atoms with Crippen molar-refractivity contribution < 1.29 is 4.74 Å². The monoisotopic (exact) mass is 543 g/mol. The fourth-order valence-electron chi connectivity index (χ4n) is 4.42. The smallest absolute Gasteiger partial charge is 0.0959 e. The summed E-state index contributed by atoms with van der Waals surface area (Å²) in [6, 6.07) is 15.3. The zero-order valence-corrected chi connectivity index (χ0v) is 21.6. The second-order valence-electron chi connectivity index (χ2n) is 8.96. The van der Waals surface area contributed by atoms with Gasteiger partial charge in [-0.1, -0.05) is 41.3 Å². The number of benzene rings is 2. The van der Waals surface area contributed by atoms with Gasteiger partial charge >= 0.3 is 0 Å². The van der Waals surface area contributed by atoms with Crippen LogP contribution in [0.15, 0.2) is 79.0 Å². The van der Waals surface area contributed by atoms with Crippen molar-refractivity contribution in [3.05, 3.63) is 100 Å². The molecule has 0 unspecified atom stereocenters. The third-order valence-corrected chi connectivity index (χ3v) is 6.96. The van der Waals surface area contributed by atoms with Gasteiger partial charge in [-0.15, -0.1) is 12.0 Å². The molecule has 2 aromatic heterocycles. The molecule has 2 aromatic carbocycles. The van der Waals surface area contributed by atoms with E-state index in [0.717, 1.165) is 33.7 Å². The highest BCUT2D eigenvalue weighted by Gasteiger charge is 2.30. The van der Waals surface area contributed by atoms with E-state index >= 15 is 0 Å². The molecule has 0 bridgehead atoms. The number of anilines is 3. The molecule has 8 nitrogen and oxygen atoms in total. The number of halogens is 2. The number of nitrogens with one attached hydrogen (secondary N) is 4. The molecule has 6 rings (SSSR count). The summed E-state index contributed by atoms with van der Waals surface area (Å²) in [5.41, 5.74) is 12.0. The first-order valence-corrected chi connectivity index (χ1v) is 12.7. The van der Waals surface area contributed by atoms with Crippen LogP contribution >= 0.6 is 23.2 Å². The summed E-state index contributed by atoms with van der Waals surface area (Å²) < 4.78 is 5.34. The van der Waals surface area contributed by atoms with Crippen LogP contribution in [0.5, 0.6) is 0 Å². The number of ether oxygens (including phenoxy) is 1. The number of hydrogen-bond donors (Lipinski definition) is 4. The van der Waals surface area contributed by atoms with Crippen LogP contribution in [0.2, 0.25) is 10.0 Å². The van der Waals surface area contributed by atoms with Gasteiger partial charge in [0.25, 0.3) is 0 Å². The van der Waals surface area contributed by atoms with Crippen LogP contribution in [0, 0.1) is 12.3 Å².